The maximum Gasteiger partial charge on any atom is 0.237 e. The molecule has 2 heterocycles. The number of carbonyl (C=O) groups is 1. The third-order valence-electron chi connectivity index (χ3n) is 5.99. The van der Waals surface area contributed by atoms with Crippen LogP contribution in [-0.4, -0.2) is 73.4 Å². The molecule has 6 nitrogen and oxygen atoms in total. The predicted molar refractivity (Wildman–Crippen MR) is 133 cm³/mol. The summed E-state index contributed by atoms with van der Waals surface area (Å²) < 4.78 is 24.4. The second kappa shape index (κ2) is 13.6. The van der Waals surface area contributed by atoms with Gasteiger partial charge in [0.2, 0.25) is 5.91 Å². The van der Waals surface area contributed by atoms with Crippen LogP contribution in [0.15, 0.2) is 48.4 Å². The van der Waals surface area contributed by atoms with Gasteiger partial charge in [-0.1, -0.05) is 6.08 Å². The van der Waals surface area contributed by atoms with Crippen molar-refractivity contribution in [2.24, 2.45) is 0 Å². The van der Waals surface area contributed by atoms with E-state index in [9.17, 15) is 14.3 Å². The number of benzene rings is 1. The number of hydrogen-bond donors (Lipinski definition) is 1. The zero-order valence-corrected chi connectivity index (χ0v) is 20.6. The second-order valence-electron chi connectivity index (χ2n) is 8.52. The summed E-state index contributed by atoms with van der Waals surface area (Å²) in [5.41, 5.74) is 1.11. The number of nitrogens with zero attached hydrogens (tertiary/aromatic N) is 2. The third kappa shape index (κ3) is 7.63. The Labute approximate surface area is 205 Å². The van der Waals surface area contributed by atoms with E-state index in [-0.39, 0.29) is 24.3 Å². The topological polar surface area (TPSA) is 62.2 Å². The third-order valence-corrected chi connectivity index (χ3v) is 6.99. The Kier molecular flexibility index (Phi) is 10.5. The molecule has 1 aliphatic rings. The van der Waals surface area contributed by atoms with Crippen molar-refractivity contribution in [2.75, 3.05) is 46.5 Å². The second-order valence-corrected chi connectivity index (χ2v) is 9.52. The van der Waals surface area contributed by atoms with Gasteiger partial charge in [-0.2, -0.15) is 0 Å². The molecule has 1 aromatic heterocycles. The molecule has 0 saturated carbocycles. The molecule has 1 amide bonds. The standard InChI is InChI=1S/C26H35FN2O4S/c1-3-4-6-21(30)17-28(13-5-15-32-2)18-26(31)29-14-11-25-23(12-16-34-25)24(29)19-33-22-9-7-20(27)8-10-22/h3,7-10,12,16,21,24,30H,1,4-6,11,13-15,17-19H2,2H3. The summed E-state index contributed by atoms with van der Waals surface area (Å²) in [6, 6.07) is 7.78. The van der Waals surface area contributed by atoms with E-state index >= 15 is 0 Å². The monoisotopic (exact) mass is 490 g/mol. The Morgan fingerprint density at radius 2 is 2.18 bits per heavy atom. The number of carbonyl (C=O) groups excluding carboxylic acids is 1. The van der Waals surface area contributed by atoms with Crippen LogP contribution in [0.2, 0.25) is 0 Å². The Balaban J connectivity index is 1.69. The average molecular weight is 491 g/mol. The number of fused-ring (bicyclic) bond motifs is 1. The smallest absolute Gasteiger partial charge is 0.237 e. The van der Waals surface area contributed by atoms with Gasteiger partial charge in [0.15, 0.2) is 0 Å². The fraction of sp³-hybridized carbons (Fsp3) is 0.500. The van der Waals surface area contributed by atoms with Crippen LogP contribution >= 0.6 is 11.3 Å². The van der Waals surface area contributed by atoms with E-state index in [1.165, 1.54) is 17.0 Å². The zero-order chi connectivity index (χ0) is 24.3. The van der Waals surface area contributed by atoms with Crippen molar-refractivity contribution in [1.82, 2.24) is 9.80 Å². The van der Waals surface area contributed by atoms with Crippen molar-refractivity contribution < 1.29 is 23.8 Å². The quantitative estimate of drug-likeness (QED) is 0.320. The first kappa shape index (κ1) is 26.3. The first-order valence-electron chi connectivity index (χ1n) is 11.8. The van der Waals surface area contributed by atoms with E-state index < -0.39 is 6.10 Å². The van der Waals surface area contributed by atoms with Crippen LogP contribution in [0.5, 0.6) is 5.75 Å². The molecule has 0 spiro atoms. The lowest BCUT2D eigenvalue weighted by Crippen LogP contribution is -2.48. The fourth-order valence-electron chi connectivity index (χ4n) is 4.23. The highest BCUT2D eigenvalue weighted by Crippen LogP contribution is 2.34. The summed E-state index contributed by atoms with van der Waals surface area (Å²) in [4.78, 5) is 18.7. The molecule has 1 N–H and O–H groups in total. The number of rotatable bonds is 14. The summed E-state index contributed by atoms with van der Waals surface area (Å²) in [5, 5.41) is 12.5. The first-order chi connectivity index (χ1) is 16.5. The van der Waals surface area contributed by atoms with E-state index in [1.807, 2.05) is 9.80 Å². The van der Waals surface area contributed by atoms with Gasteiger partial charge in [0.05, 0.1) is 18.7 Å². The number of halogens is 1. The molecule has 1 aromatic carbocycles. The lowest BCUT2D eigenvalue weighted by atomic mass is 10.0. The number of hydrogen-bond acceptors (Lipinski definition) is 6. The highest BCUT2D eigenvalue weighted by Gasteiger charge is 2.33. The highest BCUT2D eigenvalue weighted by molar-refractivity contribution is 7.10. The summed E-state index contributed by atoms with van der Waals surface area (Å²) in [6.45, 7) is 6.55. The number of thiophene rings is 1. The highest BCUT2D eigenvalue weighted by atomic mass is 32.1. The molecule has 0 saturated heterocycles. The molecule has 0 aliphatic carbocycles. The number of aliphatic hydroxyl groups excluding tert-OH is 1. The summed E-state index contributed by atoms with van der Waals surface area (Å²) in [5.74, 6) is 0.270. The predicted octanol–water partition coefficient (Wildman–Crippen LogP) is 4.06. The maximum atomic E-state index is 13.5. The van der Waals surface area contributed by atoms with Crippen LogP contribution in [0.3, 0.4) is 0 Å². The van der Waals surface area contributed by atoms with E-state index in [0.29, 0.717) is 45.0 Å². The fourth-order valence-corrected chi connectivity index (χ4v) is 5.16. The minimum absolute atomic E-state index is 0.0119. The van der Waals surface area contributed by atoms with Crippen LogP contribution in [-0.2, 0) is 16.0 Å². The number of aliphatic hydroxyl groups is 1. The SMILES string of the molecule is C=CCCC(O)CN(CCCOC)CC(=O)N1CCc2sccc2C1COc1ccc(F)cc1. The number of allylic oxidation sites excluding steroid dienone is 1. The summed E-state index contributed by atoms with van der Waals surface area (Å²) in [7, 11) is 1.66. The largest absolute Gasteiger partial charge is 0.491 e. The molecular formula is C26H35FN2O4S. The molecule has 0 fully saturated rings. The van der Waals surface area contributed by atoms with Gasteiger partial charge in [0.25, 0.3) is 0 Å². The van der Waals surface area contributed by atoms with Gasteiger partial charge in [-0.05, 0) is 67.0 Å². The summed E-state index contributed by atoms with van der Waals surface area (Å²) >= 11 is 1.70. The number of methoxy groups -OCH3 is 1. The first-order valence-corrected chi connectivity index (χ1v) is 12.6. The number of amides is 1. The van der Waals surface area contributed by atoms with Gasteiger partial charge in [-0.25, -0.2) is 4.39 Å². The molecule has 2 aromatic rings. The van der Waals surface area contributed by atoms with Gasteiger partial charge in [-0.15, -0.1) is 17.9 Å². The lowest BCUT2D eigenvalue weighted by molar-refractivity contribution is -0.136. The van der Waals surface area contributed by atoms with Gasteiger partial charge >= 0.3 is 0 Å². The van der Waals surface area contributed by atoms with Gasteiger partial charge in [0.1, 0.15) is 18.2 Å². The number of ether oxygens (including phenoxy) is 2. The van der Waals surface area contributed by atoms with E-state index in [1.54, 1.807) is 36.7 Å². The van der Waals surface area contributed by atoms with Crippen molar-refractivity contribution in [3.05, 3.63) is 64.6 Å². The minimum Gasteiger partial charge on any atom is -0.491 e. The van der Waals surface area contributed by atoms with Crippen LogP contribution in [0, 0.1) is 5.82 Å². The van der Waals surface area contributed by atoms with Crippen molar-refractivity contribution in [3.63, 3.8) is 0 Å². The van der Waals surface area contributed by atoms with Crippen molar-refractivity contribution in [1.29, 1.82) is 0 Å². The minimum atomic E-state index is -0.518. The summed E-state index contributed by atoms with van der Waals surface area (Å²) in [6.07, 6.45) is 4.23. The molecule has 1 aliphatic heterocycles. The molecule has 34 heavy (non-hydrogen) atoms. The van der Waals surface area contributed by atoms with Crippen molar-refractivity contribution in [3.8, 4) is 5.75 Å². The average Bonchev–Trinajstić information content (AvgIpc) is 3.31. The molecule has 3 rings (SSSR count). The van der Waals surface area contributed by atoms with Crippen LogP contribution in [0.1, 0.15) is 35.7 Å². The Morgan fingerprint density at radius 3 is 2.91 bits per heavy atom. The normalized spacial score (nSPS) is 16.4. The molecule has 0 radical (unpaired) electrons. The molecule has 0 bridgehead atoms. The van der Waals surface area contributed by atoms with Crippen LogP contribution < -0.4 is 4.74 Å². The van der Waals surface area contributed by atoms with E-state index in [4.69, 9.17) is 9.47 Å². The van der Waals surface area contributed by atoms with Crippen molar-refractivity contribution in [2.45, 2.75) is 37.8 Å². The van der Waals surface area contributed by atoms with Crippen LogP contribution in [0.4, 0.5) is 4.39 Å². The van der Waals surface area contributed by atoms with E-state index in [2.05, 4.69) is 18.0 Å². The van der Waals surface area contributed by atoms with E-state index in [0.717, 1.165) is 24.8 Å². The Morgan fingerprint density at radius 1 is 1.38 bits per heavy atom. The molecule has 2 unspecified atom stereocenters. The Hall–Kier alpha value is -2.26. The molecule has 2 atom stereocenters. The lowest BCUT2D eigenvalue weighted by Gasteiger charge is -2.37. The molecule has 8 heteroatoms. The zero-order valence-electron chi connectivity index (χ0n) is 19.8. The van der Waals surface area contributed by atoms with Gasteiger partial charge in [0, 0.05) is 38.2 Å². The van der Waals surface area contributed by atoms with Gasteiger partial charge < -0.3 is 19.5 Å². The van der Waals surface area contributed by atoms with Crippen LogP contribution in [0.25, 0.3) is 0 Å². The maximum absolute atomic E-state index is 13.5. The molecule has 186 valence electrons. The molecular weight excluding hydrogens is 455 g/mol. The Bertz CT molecular complexity index is 904. The van der Waals surface area contributed by atoms with Crippen molar-refractivity contribution >= 4 is 17.2 Å². The van der Waals surface area contributed by atoms with Gasteiger partial charge in [-0.3, -0.25) is 9.69 Å².